The molecule has 0 amide bonds. The first-order valence-corrected chi connectivity index (χ1v) is 5.72. The summed E-state index contributed by atoms with van der Waals surface area (Å²) in [6.45, 7) is 5.55. The Morgan fingerprint density at radius 1 is 1.31 bits per heavy atom. The van der Waals surface area contributed by atoms with Crippen LogP contribution in [0.2, 0.25) is 0 Å². The molecule has 0 aromatic heterocycles. The second-order valence-electron chi connectivity index (χ2n) is 3.73. The molecule has 0 spiro atoms. The van der Waals surface area contributed by atoms with Crippen molar-refractivity contribution in [1.82, 2.24) is 9.34 Å². The zero-order chi connectivity index (χ0) is 10.0. The fraction of sp³-hybridized carbons (Fsp3) is 1.00. The van der Waals surface area contributed by atoms with Gasteiger partial charge in [-0.3, -0.25) is 0 Å². The minimum atomic E-state index is -1.37. The monoisotopic (exact) mass is 205 g/mol. The van der Waals surface area contributed by atoms with E-state index >= 15 is 0 Å². The van der Waals surface area contributed by atoms with Crippen LogP contribution < -0.4 is 0 Å². The summed E-state index contributed by atoms with van der Waals surface area (Å²) in [7, 11) is 2.30. The van der Waals surface area contributed by atoms with Crippen LogP contribution in [0.15, 0.2) is 0 Å². The summed E-state index contributed by atoms with van der Waals surface area (Å²) in [4.78, 5) is 0. The summed E-state index contributed by atoms with van der Waals surface area (Å²) >= 11 is 0. The van der Waals surface area contributed by atoms with Crippen molar-refractivity contribution in [3.63, 3.8) is 0 Å². The van der Waals surface area contributed by atoms with Gasteiger partial charge in [0, 0.05) is 14.1 Å². The van der Waals surface area contributed by atoms with Crippen molar-refractivity contribution < 1.29 is 9.30 Å². The van der Waals surface area contributed by atoms with Gasteiger partial charge in [0.2, 0.25) is 0 Å². The molecule has 13 heavy (non-hydrogen) atoms. The van der Waals surface area contributed by atoms with Gasteiger partial charge < -0.3 is 4.74 Å². The fourth-order valence-electron chi connectivity index (χ4n) is 1.54. The van der Waals surface area contributed by atoms with Gasteiger partial charge >= 0.3 is 8.10 Å². The number of rotatable bonds is 2. The minimum Gasteiger partial charge on any atom is -0.373 e. The predicted molar refractivity (Wildman–Crippen MR) is 52.9 cm³/mol. The zero-order valence-corrected chi connectivity index (χ0v) is 9.62. The Labute approximate surface area is 80.7 Å². The maximum Gasteiger partial charge on any atom is 0.537 e. The summed E-state index contributed by atoms with van der Waals surface area (Å²) in [6.07, 6.45) is 0.366. The normalized spacial score (nSPS) is 32.2. The van der Waals surface area contributed by atoms with E-state index in [0.717, 1.165) is 13.1 Å². The highest BCUT2D eigenvalue weighted by molar-refractivity contribution is 7.39. The van der Waals surface area contributed by atoms with E-state index < -0.39 is 8.10 Å². The molecule has 1 fully saturated rings. The fourth-order valence-corrected chi connectivity index (χ4v) is 2.79. The van der Waals surface area contributed by atoms with Crippen LogP contribution in [-0.4, -0.2) is 48.7 Å². The van der Waals surface area contributed by atoms with Gasteiger partial charge in [-0.15, -0.1) is 0 Å². The van der Waals surface area contributed by atoms with E-state index in [0.29, 0.717) is 0 Å². The van der Waals surface area contributed by atoms with Crippen LogP contribution in [0.4, 0.5) is 0 Å². The lowest BCUT2D eigenvalue weighted by molar-refractivity contribution is -0.0448. The number of morpholine rings is 1. The van der Waals surface area contributed by atoms with Gasteiger partial charge in [0.25, 0.3) is 0 Å². The lowest BCUT2D eigenvalue weighted by Gasteiger charge is -2.28. The van der Waals surface area contributed by atoms with Gasteiger partial charge in [-0.05, 0) is 18.4 Å². The number of hydrogen-bond donors (Lipinski definition) is 0. The molecule has 1 aliphatic rings. The highest BCUT2D eigenvalue weighted by atomic mass is 31.1. The molecule has 3 atom stereocenters. The van der Waals surface area contributed by atoms with Crippen molar-refractivity contribution in [2.45, 2.75) is 26.1 Å². The molecule has 0 N–H and O–H groups in total. The Bertz CT molecular complexity index is 189. The molecular weight excluding hydrogens is 187 g/mol. The van der Waals surface area contributed by atoms with Crippen LogP contribution in [0.5, 0.6) is 0 Å². The molecule has 1 saturated heterocycles. The topological polar surface area (TPSA) is 32.8 Å². The van der Waals surface area contributed by atoms with E-state index in [1.807, 2.05) is 32.6 Å². The third kappa shape index (κ3) is 2.99. The van der Waals surface area contributed by atoms with Crippen molar-refractivity contribution in [2.24, 2.45) is 0 Å². The van der Waals surface area contributed by atoms with Gasteiger partial charge in [-0.25, -0.2) is 0 Å². The standard InChI is InChI=1S/C8H18N2O2P/c1-7-5-10(6-8(2)12-7)13(11)9(3)4/h7-8H,5-6H2,1-4H3/q+1. The number of ether oxygens (including phenoxy) is 1. The lowest BCUT2D eigenvalue weighted by atomic mass is 10.3. The molecule has 0 bridgehead atoms. The Morgan fingerprint density at radius 3 is 2.15 bits per heavy atom. The van der Waals surface area contributed by atoms with Crippen molar-refractivity contribution in [3.05, 3.63) is 0 Å². The van der Waals surface area contributed by atoms with Crippen LogP contribution >= 0.6 is 8.10 Å². The van der Waals surface area contributed by atoms with Gasteiger partial charge in [0.1, 0.15) is 0 Å². The molecule has 1 rings (SSSR count). The lowest BCUT2D eigenvalue weighted by Crippen LogP contribution is -2.42. The van der Waals surface area contributed by atoms with Crippen molar-refractivity contribution in [2.75, 3.05) is 27.2 Å². The maximum absolute atomic E-state index is 11.7. The molecule has 1 heterocycles. The van der Waals surface area contributed by atoms with E-state index in [9.17, 15) is 4.57 Å². The summed E-state index contributed by atoms with van der Waals surface area (Å²) in [5.41, 5.74) is 0. The van der Waals surface area contributed by atoms with E-state index in [-0.39, 0.29) is 12.2 Å². The Hall–Kier alpha value is -0.0200. The van der Waals surface area contributed by atoms with Gasteiger partial charge in [0.05, 0.1) is 25.3 Å². The Balaban J connectivity index is 2.55. The van der Waals surface area contributed by atoms with Crippen molar-refractivity contribution in [3.8, 4) is 0 Å². The highest BCUT2D eigenvalue weighted by Gasteiger charge is 2.37. The first-order valence-electron chi connectivity index (χ1n) is 4.55. The molecule has 4 nitrogen and oxygen atoms in total. The average molecular weight is 205 g/mol. The first kappa shape index (κ1) is 11.1. The van der Waals surface area contributed by atoms with E-state index in [2.05, 4.69) is 0 Å². The third-order valence-corrected chi connectivity index (χ3v) is 3.48. The Morgan fingerprint density at radius 2 is 1.77 bits per heavy atom. The number of nitrogens with zero attached hydrogens (tertiary/aromatic N) is 2. The zero-order valence-electron chi connectivity index (χ0n) is 8.73. The second kappa shape index (κ2) is 4.47. The third-order valence-electron chi connectivity index (χ3n) is 1.98. The molecule has 0 aliphatic carbocycles. The summed E-state index contributed by atoms with van der Waals surface area (Å²) in [5, 5.41) is 0. The molecular formula is C8H18N2O2P+. The van der Waals surface area contributed by atoms with Gasteiger partial charge in [-0.1, -0.05) is 9.34 Å². The summed E-state index contributed by atoms with van der Waals surface area (Å²) in [6, 6.07) is 0. The average Bonchev–Trinajstić information content (AvgIpc) is 2.01. The molecule has 5 heteroatoms. The molecule has 0 aromatic carbocycles. The van der Waals surface area contributed by atoms with Crippen LogP contribution in [0, 0.1) is 0 Å². The quantitative estimate of drug-likeness (QED) is 0.636. The van der Waals surface area contributed by atoms with Crippen LogP contribution in [0.1, 0.15) is 13.8 Å². The molecule has 0 aromatic rings. The highest BCUT2D eigenvalue weighted by Crippen LogP contribution is 2.31. The van der Waals surface area contributed by atoms with Crippen LogP contribution in [-0.2, 0) is 9.30 Å². The van der Waals surface area contributed by atoms with Crippen molar-refractivity contribution in [1.29, 1.82) is 0 Å². The Kier molecular flexibility index (Phi) is 3.80. The SMILES string of the molecule is CC1CN([P+](=O)N(C)C)CC(C)O1. The van der Waals surface area contributed by atoms with E-state index in [4.69, 9.17) is 4.74 Å². The number of hydrogen-bond acceptors (Lipinski definition) is 2. The molecule has 3 unspecified atom stereocenters. The van der Waals surface area contributed by atoms with Crippen molar-refractivity contribution >= 4 is 8.10 Å². The molecule has 0 radical (unpaired) electrons. The maximum atomic E-state index is 11.7. The molecule has 76 valence electrons. The molecule has 1 aliphatic heterocycles. The van der Waals surface area contributed by atoms with Gasteiger partial charge in [0.15, 0.2) is 0 Å². The van der Waals surface area contributed by atoms with Crippen LogP contribution in [0.3, 0.4) is 0 Å². The minimum absolute atomic E-state index is 0.183. The van der Waals surface area contributed by atoms with E-state index in [1.165, 1.54) is 0 Å². The van der Waals surface area contributed by atoms with E-state index in [1.54, 1.807) is 4.67 Å². The second-order valence-corrected chi connectivity index (χ2v) is 5.60. The summed E-state index contributed by atoms with van der Waals surface area (Å²) in [5.74, 6) is 0. The summed E-state index contributed by atoms with van der Waals surface area (Å²) < 4.78 is 21.0. The van der Waals surface area contributed by atoms with Crippen LogP contribution in [0.25, 0.3) is 0 Å². The predicted octanol–water partition coefficient (Wildman–Crippen LogP) is 1.31. The largest absolute Gasteiger partial charge is 0.537 e. The first-order chi connectivity index (χ1) is 6.00. The van der Waals surface area contributed by atoms with Gasteiger partial charge in [-0.2, -0.15) is 0 Å². The smallest absolute Gasteiger partial charge is 0.373 e. The molecule has 0 saturated carbocycles.